The van der Waals surface area contributed by atoms with Gasteiger partial charge in [-0.25, -0.2) is 0 Å². The number of benzene rings is 2. The summed E-state index contributed by atoms with van der Waals surface area (Å²) in [4.78, 5) is 15.3. The molecule has 2 aromatic rings. The molecule has 1 fully saturated rings. The summed E-state index contributed by atoms with van der Waals surface area (Å²) in [5.74, 6) is 0.231. The third kappa shape index (κ3) is 3.44. The summed E-state index contributed by atoms with van der Waals surface area (Å²) in [6.45, 7) is 3.49. The summed E-state index contributed by atoms with van der Waals surface area (Å²) in [5, 5.41) is 3.93. The largest absolute Gasteiger partial charge is 0.352 e. The molecule has 0 atom stereocenters. The van der Waals surface area contributed by atoms with Crippen molar-refractivity contribution in [3.8, 4) is 0 Å². The van der Waals surface area contributed by atoms with Gasteiger partial charge in [-0.3, -0.25) is 9.69 Å². The average Bonchev–Trinajstić information content (AvgIpc) is 2.77. The molecule has 0 radical (unpaired) electrons. The van der Waals surface area contributed by atoms with E-state index in [4.69, 9.17) is 11.6 Å². The van der Waals surface area contributed by atoms with Crippen molar-refractivity contribution in [2.75, 3.05) is 13.1 Å². The first kappa shape index (κ1) is 16.6. The number of hydrogen-bond donors (Lipinski definition) is 1. The predicted octanol–water partition coefficient (Wildman–Crippen LogP) is 3.79. The standard InChI is InChI=1S/C21H23ClN2O/c22-19-7-5-16(6-8-19)15-24-11-9-21(10-12-24)13-17-3-1-2-4-18(17)14-23-20(21)25/h1-8H,9-15H2,(H,23,25). The van der Waals surface area contributed by atoms with Crippen molar-refractivity contribution in [2.45, 2.75) is 32.4 Å². The van der Waals surface area contributed by atoms with E-state index in [1.165, 1.54) is 16.7 Å². The first-order chi connectivity index (χ1) is 12.1. The Labute approximate surface area is 154 Å². The molecule has 0 aromatic heterocycles. The molecule has 2 heterocycles. The van der Waals surface area contributed by atoms with Crippen LogP contribution in [-0.2, 0) is 24.3 Å². The number of carbonyl (C=O) groups is 1. The minimum atomic E-state index is -0.247. The molecular formula is C21H23ClN2O. The van der Waals surface area contributed by atoms with Crippen LogP contribution < -0.4 is 5.32 Å². The van der Waals surface area contributed by atoms with Crippen LogP contribution in [0.25, 0.3) is 0 Å². The number of fused-ring (bicyclic) bond motifs is 1. The van der Waals surface area contributed by atoms with E-state index in [1.807, 2.05) is 12.1 Å². The highest BCUT2D eigenvalue weighted by molar-refractivity contribution is 6.30. The summed E-state index contributed by atoms with van der Waals surface area (Å²) in [6, 6.07) is 16.5. The van der Waals surface area contributed by atoms with Gasteiger partial charge in [0.25, 0.3) is 0 Å². The first-order valence-corrected chi connectivity index (χ1v) is 9.34. The zero-order chi connectivity index (χ0) is 17.3. The summed E-state index contributed by atoms with van der Waals surface area (Å²) < 4.78 is 0. The summed E-state index contributed by atoms with van der Waals surface area (Å²) in [7, 11) is 0. The molecule has 0 unspecified atom stereocenters. The predicted molar refractivity (Wildman–Crippen MR) is 100 cm³/mol. The van der Waals surface area contributed by atoms with Gasteiger partial charge in [0.15, 0.2) is 0 Å². The normalized spacial score (nSPS) is 20.0. The van der Waals surface area contributed by atoms with Crippen molar-refractivity contribution in [2.24, 2.45) is 5.41 Å². The van der Waals surface area contributed by atoms with Crippen molar-refractivity contribution >= 4 is 17.5 Å². The lowest BCUT2D eigenvalue weighted by Gasteiger charge is -2.40. The van der Waals surface area contributed by atoms with Crippen LogP contribution in [0.3, 0.4) is 0 Å². The monoisotopic (exact) mass is 354 g/mol. The molecule has 4 heteroatoms. The van der Waals surface area contributed by atoms with Crippen molar-refractivity contribution in [1.82, 2.24) is 10.2 Å². The highest BCUT2D eigenvalue weighted by Gasteiger charge is 2.42. The lowest BCUT2D eigenvalue weighted by atomic mass is 9.73. The van der Waals surface area contributed by atoms with Gasteiger partial charge in [0.1, 0.15) is 0 Å². The number of amides is 1. The third-order valence-electron chi connectivity index (χ3n) is 5.70. The molecular weight excluding hydrogens is 332 g/mol. The third-order valence-corrected chi connectivity index (χ3v) is 5.95. The summed E-state index contributed by atoms with van der Waals surface area (Å²) >= 11 is 5.97. The molecule has 2 aliphatic rings. The fourth-order valence-electron chi connectivity index (χ4n) is 4.10. The zero-order valence-electron chi connectivity index (χ0n) is 14.3. The molecule has 0 aliphatic carbocycles. The number of hydrogen-bond acceptors (Lipinski definition) is 2. The van der Waals surface area contributed by atoms with Gasteiger partial charge in [0, 0.05) is 18.1 Å². The van der Waals surface area contributed by atoms with E-state index >= 15 is 0 Å². The van der Waals surface area contributed by atoms with Gasteiger partial charge in [-0.05, 0) is 61.2 Å². The maximum Gasteiger partial charge on any atom is 0.226 e. The number of nitrogens with one attached hydrogen (secondary N) is 1. The molecule has 1 N–H and O–H groups in total. The van der Waals surface area contributed by atoms with Gasteiger partial charge >= 0.3 is 0 Å². The number of nitrogens with zero attached hydrogens (tertiary/aromatic N) is 1. The Hall–Kier alpha value is -1.84. The van der Waals surface area contributed by atoms with Crippen LogP contribution in [0.1, 0.15) is 29.5 Å². The SMILES string of the molecule is O=C1NCc2ccccc2CC12CCN(Cc1ccc(Cl)cc1)CC2. The molecule has 1 saturated heterocycles. The second-order valence-corrected chi connectivity index (χ2v) is 7.75. The molecule has 25 heavy (non-hydrogen) atoms. The maximum absolute atomic E-state index is 12.8. The van der Waals surface area contributed by atoms with Crippen LogP contribution in [0.5, 0.6) is 0 Å². The van der Waals surface area contributed by atoms with Gasteiger partial charge in [-0.15, -0.1) is 0 Å². The van der Waals surface area contributed by atoms with Crippen molar-refractivity contribution in [1.29, 1.82) is 0 Å². The number of piperidine rings is 1. The Balaban J connectivity index is 1.46. The van der Waals surface area contributed by atoms with Gasteiger partial charge in [0.2, 0.25) is 5.91 Å². The highest BCUT2D eigenvalue weighted by Crippen LogP contribution is 2.38. The van der Waals surface area contributed by atoms with Gasteiger partial charge < -0.3 is 5.32 Å². The number of halogens is 1. The van der Waals surface area contributed by atoms with Crippen LogP contribution in [0.15, 0.2) is 48.5 Å². The minimum absolute atomic E-state index is 0.231. The van der Waals surface area contributed by atoms with Crippen LogP contribution in [0, 0.1) is 5.41 Å². The van der Waals surface area contributed by atoms with Crippen LogP contribution >= 0.6 is 11.6 Å². The van der Waals surface area contributed by atoms with E-state index in [0.29, 0.717) is 6.54 Å². The Morgan fingerprint density at radius 2 is 1.68 bits per heavy atom. The molecule has 1 spiro atoms. The Morgan fingerprint density at radius 3 is 2.40 bits per heavy atom. The molecule has 2 aliphatic heterocycles. The lowest BCUT2D eigenvalue weighted by Crippen LogP contribution is -2.48. The van der Waals surface area contributed by atoms with Gasteiger partial charge in [-0.1, -0.05) is 48.0 Å². The second-order valence-electron chi connectivity index (χ2n) is 7.31. The molecule has 1 amide bonds. The average molecular weight is 355 g/mol. The van der Waals surface area contributed by atoms with E-state index in [2.05, 4.69) is 46.6 Å². The van der Waals surface area contributed by atoms with Crippen molar-refractivity contribution in [3.05, 3.63) is 70.2 Å². The molecule has 0 saturated carbocycles. The number of carbonyl (C=O) groups excluding carboxylic acids is 1. The van der Waals surface area contributed by atoms with E-state index in [0.717, 1.165) is 43.9 Å². The lowest BCUT2D eigenvalue weighted by molar-refractivity contribution is -0.133. The van der Waals surface area contributed by atoms with E-state index in [1.54, 1.807) is 0 Å². The molecule has 130 valence electrons. The van der Waals surface area contributed by atoms with Crippen LogP contribution in [0.2, 0.25) is 5.02 Å². The Bertz CT molecular complexity index is 764. The van der Waals surface area contributed by atoms with Crippen molar-refractivity contribution < 1.29 is 4.79 Å². The van der Waals surface area contributed by atoms with Gasteiger partial charge in [-0.2, -0.15) is 0 Å². The maximum atomic E-state index is 12.8. The smallest absolute Gasteiger partial charge is 0.226 e. The first-order valence-electron chi connectivity index (χ1n) is 8.97. The molecule has 2 aromatic carbocycles. The summed E-state index contributed by atoms with van der Waals surface area (Å²) in [5.41, 5.74) is 3.61. The Morgan fingerprint density at radius 1 is 1.00 bits per heavy atom. The topological polar surface area (TPSA) is 32.3 Å². The molecule has 3 nitrogen and oxygen atoms in total. The fourth-order valence-corrected chi connectivity index (χ4v) is 4.23. The Kier molecular flexibility index (Phi) is 4.53. The number of likely N-dealkylation sites (tertiary alicyclic amines) is 1. The summed E-state index contributed by atoms with van der Waals surface area (Å²) in [6.07, 6.45) is 2.70. The zero-order valence-corrected chi connectivity index (χ0v) is 15.1. The quantitative estimate of drug-likeness (QED) is 0.889. The van der Waals surface area contributed by atoms with Gasteiger partial charge in [0.05, 0.1) is 5.41 Å². The van der Waals surface area contributed by atoms with Crippen LogP contribution in [-0.4, -0.2) is 23.9 Å². The molecule has 0 bridgehead atoms. The highest BCUT2D eigenvalue weighted by atomic mass is 35.5. The van der Waals surface area contributed by atoms with E-state index < -0.39 is 0 Å². The minimum Gasteiger partial charge on any atom is -0.352 e. The van der Waals surface area contributed by atoms with Crippen LogP contribution in [0.4, 0.5) is 0 Å². The molecule has 4 rings (SSSR count). The number of rotatable bonds is 2. The fraction of sp³-hybridized carbons (Fsp3) is 0.381. The van der Waals surface area contributed by atoms with E-state index in [-0.39, 0.29) is 11.3 Å². The van der Waals surface area contributed by atoms with E-state index in [9.17, 15) is 4.79 Å². The van der Waals surface area contributed by atoms with Crippen molar-refractivity contribution in [3.63, 3.8) is 0 Å². The second kappa shape index (κ2) is 6.81.